The second-order valence-corrected chi connectivity index (χ2v) is 8.31. The van der Waals surface area contributed by atoms with Crippen LogP contribution in [0.4, 0.5) is 0 Å². The van der Waals surface area contributed by atoms with E-state index >= 15 is 0 Å². The molecule has 0 aliphatic rings. The average molecular weight is 472 g/mol. The summed E-state index contributed by atoms with van der Waals surface area (Å²) in [5.41, 5.74) is 1.09. The van der Waals surface area contributed by atoms with Crippen LogP contribution in [0.25, 0.3) is 22.4 Å². The second-order valence-electron chi connectivity index (χ2n) is 7.87. The second kappa shape index (κ2) is 9.76. The number of aromatic nitrogens is 5. The summed E-state index contributed by atoms with van der Waals surface area (Å²) in [6.45, 7) is 4.56. The van der Waals surface area contributed by atoms with Gasteiger partial charge in [-0.25, -0.2) is 9.78 Å². The molecule has 0 amide bonds. The van der Waals surface area contributed by atoms with Crippen molar-refractivity contribution in [2.24, 2.45) is 0 Å². The molecule has 4 rings (SSSR count). The van der Waals surface area contributed by atoms with Gasteiger partial charge in [0.2, 0.25) is 0 Å². The van der Waals surface area contributed by atoms with Gasteiger partial charge in [0.25, 0.3) is 5.56 Å². The minimum absolute atomic E-state index is 0.0634. The molecule has 33 heavy (non-hydrogen) atoms. The summed E-state index contributed by atoms with van der Waals surface area (Å²) in [7, 11) is 0. The molecular formula is C23H26ClN5O4. The zero-order valence-electron chi connectivity index (χ0n) is 18.6. The van der Waals surface area contributed by atoms with Crippen LogP contribution in [0.1, 0.15) is 44.7 Å². The maximum absolute atomic E-state index is 13.4. The SMILES string of the molecule is CCCCn1c(=O)n(Cc2cc(-c3ccc(Cl)cc3)no2)c(=O)c2c1nc(CO)n2CCC. The van der Waals surface area contributed by atoms with Gasteiger partial charge in [-0.3, -0.25) is 13.9 Å². The number of hydrogen-bond donors (Lipinski definition) is 1. The lowest BCUT2D eigenvalue weighted by molar-refractivity contribution is 0.265. The summed E-state index contributed by atoms with van der Waals surface area (Å²) in [6, 6.07) is 8.85. The third kappa shape index (κ3) is 4.38. The number of aliphatic hydroxyl groups excluding tert-OH is 1. The molecule has 0 spiro atoms. The Morgan fingerprint density at radius 1 is 1.03 bits per heavy atom. The van der Waals surface area contributed by atoms with Gasteiger partial charge in [0, 0.05) is 29.7 Å². The van der Waals surface area contributed by atoms with Gasteiger partial charge in [0.05, 0.1) is 6.54 Å². The zero-order valence-corrected chi connectivity index (χ0v) is 19.4. The average Bonchev–Trinajstić information content (AvgIpc) is 3.42. The van der Waals surface area contributed by atoms with Gasteiger partial charge in [0.15, 0.2) is 16.9 Å². The molecule has 0 saturated heterocycles. The summed E-state index contributed by atoms with van der Waals surface area (Å²) < 4.78 is 9.82. The van der Waals surface area contributed by atoms with Crippen LogP contribution in [0.15, 0.2) is 44.4 Å². The maximum atomic E-state index is 13.4. The molecule has 9 nitrogen and oxygen atoms in total. The summed E-state index contributed by atoms with van der Waals surface area (Å²) in [4.78, 5) is 31.2. The number of unbranched alkanes of at least 4 members (excludes halogenated alkanes) is 1. The Bertz CT molecular complexity index is 1380. The van der Waals surface area contributed by atoms with Gasteiger partial charge in [-0.1, -0.05) is 49.2 Å². The minimum Gasteiger partial charge on any atom is -0.388 e. The fourth-order valence-electron chi connectivity index (χ4n) is 3.88. The molecule has 0 bridgehead atoms. The molecule has 3 aromatic heterocycles. The summed E-state index contributed by atoms with van der Waals surface area (Å²) in [6.07, 6.45) is 2.38. The topological polar surface area (TPSA) is 108 Å². The Hall–Kier alpha value is -3.17. The fraction of sp³-hybridized carbons (Fsp3) is 0.391. The molecule has 0 fully saturated rings. The number of nitrogens with zero attached hydrogens (tertiary/aromatic N) is 5. The smallest absolute Gasteiger partial charge is 0.333 e. The van der Waals surface area contributed by atoms with Gasteiger partial charge in [0.1, 0.15) is 18.1 Å². The van der Waals surface area contributed by atoms with Crippen LogP contribution in [0.5, 0.6) is 0 Å². The third-order valence-corrected chi connectivity index (χ3v) is 5.78. The van der Waals surface area contributed by atoms with Crippen molar-refractivity contribution in [2.45, 2.75) is 59.4 Å². The number of aliphatic hydroxyl groups is 1. The number of fused-ring (bicyclic) bond motifs is 1. The monoisotopic (exact) mass is 471 g/mol. The first-order valence-corrected chi connectivity index (χ1v) is 11.4. The molecule has 0 aliphatic carbocycles. The predicted molar refractivity (Wildman–Crippen MR) is 125 cm³/mol. The Balaban J connectivity index is 1.83. The van der Waals surface area contributed by atoms with E-state index in [4.69, 9.17) is 16.1 Å². The normalized spacial score (nSPS) is 11.5. The van der Waals surface area contributed by atoms with Crippen LogP contribution >= 0.6 is 11.6 Å². The highest BCUT2D eigenvalue weighted by molar-refractivity contribution is 6.30. The quantitative estimate of drug-likeness (QED) is 0.400. The molecule has 1 N–H and O–H groups in total. The zero-order chi connectivity index (χ0) is 23.5. The molecule has 0 atom stereocenters. The van der Waals surface area contributed by atoms with Crippen molar-refractivity contribution in [1.29, 1.82) is 0 Å². The van der Waals surface area contributed by atoms with E-state index in [1.54, 1.807) is 22.8 Å². The van der Waals surface area contributed by atoms with E-state index in [0.29, 0.717) is 46.6 Å². The van der Waals surface area contributed by atoms with Gasteiger partial charge < -0.3 is 14.2 Å². The molecule has 4 aromatic rings. The first-order valence-electron chi connectivity index (χ1n) is 11.0. The Morgan fingerprint density at radius 3 is 2.45 bits per heavy atom. The highest BCUT2D eigenvalue weighted by Gasteiger charge is 2.22. The van der Waals surface area contributed by atoms with Crippen LogP contribution in [-0.2, 0) is 26.2 Å². The summed E-state index contributed by atoms with van der Waals surface area (Å²) in [5.74, 6) is 0.750. The van der Waals surface area contributed by atoms with Gasteiger partial charge >= 0.3 is 5.69 Å². The van der Waals surface area contributed by atoms with Crippen molar-refractivity contribution in [2.75, 3.05) is 0 Å². The van der Waals surface area contributed by atoms with Gasteiger partial charge in [-0.15, -0.1) is 0 Å². The molecule has 0 saturated carbocycles. The van der Waals surface area contributed by atoms with Crippen molar-refractivity contribution < 1.29 is 9.63 Å². The van der Waals surface area contributed by atoms with E-state index in [9.17, 15) is 14.7 Å². The molecule has 0 aliphatic heterocycles. The molecule has 174 valence electrons. The van der Waals surface area contributed by atoms with E-state index in [-0.39, 0.29) is 13.2 Å². The lowest BCUT2D eigenvalue weighted by Crippen LogP contribution is -2.41. The number of benzene rings is 1. The summed E-state index contributed by atoms with van der Waals surface area (Å²) in [5, 5.41) is 14.5. The minimum atomic E-state index is -0.465. The maximum Gasteiger partial charge on any atom is 0.333 e. The molecule has 10 heteroatoms. The number of rotatable bonds is 9. The Kier molecular flexibility index (Phi) is 6.80. The van der Waals surface area contributed by atoms with Crippen LogP contribution in [0.3, 0.4) is 0 Å². The third-order valence-electron chi connectivity index (χ3n) is 5.53. The van der Waals surface area contributed by atoms with E-state index in [1.807, 2.05) is 26.0 Å². The van der Waals surface area contributed by atoms with E-state index in [0.717, 1.165) is 29.4 Å². The Labute approximate surface area is 194 Å². The molecule has 0 unspecified atom stereocenters. The van der Waals surface area contributed by atoms with E-state index in [2.05, 4.69) is 10.1 Å². The van der Waals surface area contributed by atoms with Gasteiger partial charge in [-0.2, -0.15) is 0 Å². The summed E-state index contributed by atoms with van der Waals surface area (Å²) >= 11 is 5.95. The lowest BCUT2D eigenvalue weighted by Gasteiger charge is -2.11. The van der Waals surface area contributed by atoms with Crippen LogP contribution in [0, 0.1) is 0 Å². The lowest BCUT2D eigenvalue weighted by atomic mass is 10.1. The number of halogens is 1. The number of hydrogen-bond acceptors (Lipinski definition) is 6. The molecule has 0 radical (unpaired) electrons. The van der Waals surface area contributed by atoms with E-state index < -0.39 is 11.2 Å². The van der Waals surface area contributed by atoms with Crippen LogP contribution < -0.4 is 11.2 Å². The van der Waals surface area contributed by atoms with Crippen molar-refractivity contribution in [3.05, 3.63) is 67.8 Å². The standard InChI is InChI=1S/C23H26ClN5O4/c1-3-5-11-28-21-20(27(10-4-2)19(14-30)25-21)22(31)29(23(28)32)13-17-12-18(26-33-17)15-6-8-16(24)9-7-15/h6-9,12,30H,3-5,10-11,13-14H2,1-2H3. The number of aryl methyl sites for hydroxylation is 2. The van der Waals surface area contributed by atoms with Crippen molar-refractivity contribution in [3.8, 4) is 11.3 Å². The highest BCUT2D eigenvalue weighted by atomic mass is 35.5. The van der Waals surface area contributed by atoms with Crippen LogP contribution in [-0.4, -0.2) is 28.9 Å². The molecule has 1 aromatic carbocycles. The molecule has 3 heterocycles. The predicted octanol–water partition coefficient (Wildman–Crippen LogP) is 3.42. The Morgan fingerprint density at radius 2 is 1.79 bits per heavy atom. The van der Waals surface area contributed by atoms with Crippen molar-refractivity contribution in [1.82, 2.24) is 23.8 Å². The first kappa shape index (κ1) is 23.0. The van der Waals surface area contributed by atoms with Crippen molar-refractivity contribution in [3.63, 3.8) is 0 Å². The van der Waals surface area contributed by atoms with E-state index in [1.165, 1.54) is 4.57 Å². The van der Waals surface area contributed by atoms with Crippen LogP contribution in [0.2, 0.25) is 5.02 Å². The largest absolute Gasteiger partial charge is 0.388 e. The fourth-order valence-corrected chi connectivity index (χ4v) is 4.00. The number of imidazole rings is 1. The van der Waals surface area contributed by atoms with Gasteiger partial charge in [-0.05, 0) is 25.0 Å². The molecular weight excluding hydrogens is 446 g/mol. The first-order chi connectivity index (χ1) is 16.0. The highest BCUT2D eigenvalue weighted by Crippen LogP contribution is 2.21. The van der Waals surface area contributed by atoms with Crippen molar-refractivity contribution >= 4 is 22.8 Å².